The minimum atomic E-state index is -0.444. The van der Waals surface area contributed by atoms with Gasteiger partial charge in [-0.3, -0.25) is 19.3 Å². The molecule has 7 heteroatoms. The number of nitrogens with zero attached hydrogens (tertiary/aromatic N) is 1. The molecule has 2 aromatic rings. The Bertz CT molecular complexity index is 934. The second kappa shape index (κ2) is 8.26. The fraction of sp³-hybridized carbons (Fsp3) is 0.150. The van der Waals surface area contributed by atoms with Crippen molar-refractivity contribution in [1.82, 2.24) is 4.90 Å². The van der Waals surface area contributed by atoms with Gasteiger partial charge in [0.15, 0.2) is 0 Å². The number of amides is 3. The summed E-state index contributed by atoms with van der Waals surface area (Å²) in [5.41, 5.74) is 3.40. The van der Waals surface area contributed by atoms with Crippen molar-refractivity contribution in [2.24, 2.45) is 0 Å². The Kier molecular flexibility index (Phi) is 6.01. The number of rotatable bonds is 4. The third-order valence-electron chi connectivity index (χ3n) is 4.09. The third-order valence-corrected chi connectivity index (χ3v) is 5.72. The zero-order valence-corrected chi connectivity index (χ0v) is 17.8. The molecule has 5 nitrogen and oxygen atoms in total. The van der Waals surface area contributed by atoms with Gasteiger partial charge in [0.25, 0.3) is 11.1 Å². The van der Waals surface area contributed by atoms with Crippen LogP contribution in [0, 0.1) is 17.4 Å². The van der Waals surface area contributed by atoms with E-state index in [4.69, 9.17) is 0 Å². The van der Waals surface area contributed by atoms with Crippen molar-refractivity contribution in [3.63, 3.8) is 0 Å². The normalized spacial score (nSPS) is 15.5. The molecule has 0 unspecified atom stereocenters. The summed E-state index contributed by atoms with van der Waals surface area (Å²) in [6, 6.07) is 13.3. The zero-order chi connectivity index (χ0) is 19.6. The quantitative estimate of drug-likeness (QED) is 0.501. The van der Waals surface area contributed by atoms with Crippen LogP contribution < -0.4 is 5.32 Å². The average molecular weight is 492 g/mol. The van der Waals surface area contributed by atoms with Crippen LogP contribution >= 0.6 is 34.4 Å². The van der Waals surface area contributed by atoms with E-state index in [2.05, 4.69) is 27.9 Å². The van der Waals surface area contributed by atoms with Crippen molar-refractivity contribution in [2.75, 3.05) is 11.9 Å². The smallest absolute Gasteiger partial charge is 0.294 e. The number of hydrogen-bond donors (Lipinski definition) is 1. The number of carbonyl (C=O) groups is 3. The van der Waals surface area contributed by atoms with Crippen LogP contribution in [0.5, 0.6) is 0 Å². The standard InChI is InChI=1S/C20H17IN2O3S/c1-12-4-3-5-13(2)18(12)22-17(24)11-23-19(25)16(27-20(23)26)10-14-6-8-15(21)9-7-14/h3-10H,11H2,1-2H3,(H,22,24). The number of para-hydroxylation sites is 1. The van der Waals surface area contributed by atoms with E-state index in [0.29, 0.717) is 10.6 Å². The molecular formula is C20H17IN2O3S. The fourth-order valence-corrected chi connectivity index (χ4v) is 3.88. The first-order valence-corrected chi connectivity index (χ1v) is 10.1. The molecule has 1 aliphatic heterocycles. The molecule has 1 N–H and O–H groups in total. The molecule has 1 aliphatic rings. The Hall–Kier alpha value is -2.13. The third kappa shape index (κ3) is 4.59. The lowest BCUT2D eigenvalue weighted by Gasteiger charge is -2.15. The van der Waals surface area contributed by atoms with E-state index in [1.54, 1.807) is 6.08 Å². The van der Waals surface area contributed by atoms with Crippen LogP contribution in [0.15, 0.2) is 47.4 Å². The van der Waals surface area contributed by atoms with Crippen molar-refractivity contribution in [1.29, 1.82) is 0 Å². The summed E-state index contributed by atoms with van der Waals surface area (Å²) < 4.78 is 1.08. The molecule has 1 heterocycles. The molecule has 1 fully saturated rings. The number of nitrogens with one attached hydrogen (secondary N) is 1. The number of imide groups is 1. The van der Waals surface area contributed by atoms with Gasteiger partial charge in [0, 0.05) is 9.26 Å². The van der Waals surface area contributed by atoms with Gasteiger partial charge < -0.3 is 5.32 Å². The number of hydrogen-bond acceptors (Lipinski definition) is 4. The minimum Gasteiger partial charge on any atom is -0.324 e. The lowest BCUT2D eigenvalue weighted by atomic mass is 10.1. The van der Waals surface area contributed by atoms with Gasteiger partial charge in [0.2, 0.25) is 5.91 Å². The number of carbonyl (C=O) groups excluding carboxylic acids is 3. The lowest BCUT2D eigenvalue weighted by molar-refractivity contribution is -0.127. The highest BCUT2D eigenvalue weighted by Crippen LogP contribution is 2.32. The van der Waals surface area contributed by atoms with Crippen molar-refractivity contribution in [3.05, 3.63) is 67.6 Å². The summed E-state index contributed by atoms with van der Waals surface area (Å²) in [6.45, 7) is 3.49. The van der Waals surface area contributed by atoms with E-state index in [-0.39, 0.29) is 6.54 Å². The summed E-state index contributed by atoms with van der Waals surface area (Å²) in [7, 11) is 0. The number of benzene rings is 2. The Morgan fingerprint density at radius 1 is 1.11 bits per heavy atom. The highest BCUT2D eigenvalue weighted by atomic mass is 127. The Morgan fingerprint density at radius 2 is 1.74 bits per heavy atom. The molecule has 3 rings (SSSR count). The van der Waals surface area contributed by atoms with E-state index in [1.807, 2.05) is 56.3 Å². The maximum Gasteiger partial charge on any atom is 0.294 e. The average Bonchev–Trinajstić information content (AvgIpc) is 2.88. The molecule has 0 radical (unpaired) electrons. The molecule has 138 valence electrons. The molecule has 0 aromatic heterocycles. The van der Waals surface area contributed by atoms with Gasteiger partial charge >= 0.3 is 0 Å². The minimum absolute atomic E-state index is 0.303. The predicted octanol–water partition coefficient (Wildman–Crippen LogP) is 4.58. The van der Waals surface area contributed by atoms with Crippen LogP contribution in [-0.2, 0) is 9.59 Å². The lowest BCUT2D eigenvalue weighted by Crippen LogP contribution is -2.36. The summed E-state index contributed by atoms with van der Waals surface area (Å²) in [4.78, 5) is 38.4. The molecule has 27 heavy (non-hydrogen) atoms. The van der Waals surface area contributed by atoms with Crippen molar-refractivity contribution < 1.29 is 14.4 Å². The van der Waals surface area contributed by atoms with Gasteiger partial charge in [0.1, 0.15) is 6.54 Å². The van der Waals surface area contributed by atoms with Crippen molar-refractivity contribution in [3.8, 4) is 0 Å². The van der Waals surface area contributed by atoms with Crippen LogP contribution in [0.2, 0.25) is 0 Å². The molecule has 3 amide bonds. The Balaban J connectivity index is 1.72. The molecular weight excluding hydrogens is 475 g/mol. The van der Waals surface area contributed by atoms with Crippen molar-refractivity contribution >= 4 is 63.2 Å². The predicted molar refractivity (Wildman–Crippen MR) is 116 cm³/mol. The van der Waals surface area contributed by atoms with E-state index >= 15 is 0 Å². The van der Waals surface area contributed by atoms with E-state index in [1.165, 1.54) is 0 Å². The van der Waals surface area contributed by atoms with Gasteiger partial charge in [-0.25, -0.2) is 0 Å². The fourth-order valence-electron chi connectivity index (χ4n) is 2.68. The summed E-state index contributed by atoms with van der Waals surface area (Å²) in [5.74, 6) is -0.842. The molecule has 1 saturated heterocycles. The van der Waals surface area contributed by atoms with Crippen LogP contribution in [-0.4, -0.2) is 28.5 Å². The maximum absolute atomic E-state index is 12.5. The highest BCUT2D eigenvalue weighted by molar-refractivity contribution is 14.1. The first-order chi connectivity index (χ1) is 12.8. The SMILES string of the molecule is Cc1cccc(C)c1NC(=O)CN1C(=O)SC(=Cc2ccc(I)cc2)C1=O. The first-order valence-electron chi connectivity index (χ1n) is 8.22. The van der Waals surface area contributed by atoms with Crippen LogP contribution in [0.4, 0.5) is 10.5 Å². The number of thioether (sulfide) groups is 1. The van der Waals surface area contributed by atoms with Crippen molar-refractivity contribution in [2.45, 2.75) is 13.8 Å². The summed E-state index contributed by atoms with van der Waals surface area (Å²) in [6.07, 6.45) is 1.67. The van der Waals surface area contributed by atoms with Gasteiger partial charge in [-0.15, -0.1) is 0 Å². The second-order valence-electron chi connectivity index (χ2n) is 6.13. The monoisotopic (exact) mass is 492 g/mol. The van der Waals surface area contributed by atoms with Crippen LogP contribution in [0.25, 0.3) is 6.08 Å². The molecule has 0 spiro atoms. The maximum atomic E-state index is 12.5. The highest BCUT2D eigenvalue weighted by Gasteiger charge is 2.36. The molecule has 0 aliphatic carbocycles. The molecule has 2 aromatic carbocycles. The van der Waals surface area contributed by atoms with Crippen LogP contribution in [0.3, 0.4) is 0 Å². The first kappa shape index (κ1) is 19.6. The summed E-state index contributed by atoms with van der Waals surface area (Å²) in [5, 5.41) is 2.37. The second-order valence-corrected chi connectivity index (χ2v) is 8.37. The van der Waals surface area contributed by atoms with E-state index in [9.17, 15) is 14.4 Å². The van der Waals surface area contributed by atoms with Gasteiger partial charge in [-0.1, -0.05) is 30.3 Å². The number of halogens is 1. The Labute approximate surface area is 175 Å². The molecule has 0 saturated carbocycles. The number of anilines is 1. The molecule has 0 bridgehead atoms. The topological polar surface area (TPSA) is 66.5 Å². The Morgan fingerprint density at radius 3 is 2.37 bits per heavy atom. The van der Waals surface area contributed by atoms with Crippen LogP contribution in [0.1, 0.15) is 16.7 Å². The largest absolute Gasteiger partial charge is 0.324 e. The van der Waals surface area contributed by atoms with Gasteiger partial charge in [-0.05, 0) is 83.1 Å². The molecule has 0 atom stereocenters. The van der Waals surface area contributed by atoms with Gasteiger partial charge in [-0.2, -0.15) is 0 Å². The van der Waals surface area contributed by atoms with Gasteiger partial charge in [0.05, 0.1) is 4.91 Å². The zero-order valence-electron chi connectivity index (χ0n) is 14.8. The van der Waals surface area contributed by atoms with E-state index < -0.39 is 17.1 Å². The number of aryl methyl sites for hydroxylation is 2. The van der Waals surface area contributed by atoms with E-state index in [0.717, 1.165) is 36.9 Å². The summed E-state index contributed by atoms with van der Waals surface area (Å²) >= 11 is 3.05.